The zero-order valence-electron chi connectivity index (χ0n) is 10.3. The van der Waals surface area contributed by atoms with Crippen LogP contribution in [0.1, 0.15) is 13.3 Å². The number of primary amides is 1. The van der Waals surface area contributed by atoms with Gasteiger partial charge in [-0.05, 0) is 6.42 Å². The number of carbonyl (C=O) groups is 1. The molecule has 1 aromatic heterocycles. The Balaban J connectivity index is 2.48. The summed E-state index contributed by atoms with van der Waals surface area (Å²) in [5.74, 6) is 1.39. The molecule has 8 nitrogen and oxygen atoms in total. The molecule has 0 fully saturated rings. The van der Waals surface area contributed by atoms with Crippen LogP contribution in [0.4, 0.5) is 22.4 Å². The first-order valence-corrected chi connectivity index (χ1v) is 5.66. The number of hydrogen-bond donors (Lipinski definition) is 4. The second kappa shape index (κ2) is 7.15. The molecule has 0 aliphatic carbocycles. The summed E-state index contributed by atoms with van der Waals surface area (Å²) in [6, 6.07) is 1.73. The number of nitrogens with two attached hydrogens (primary N) is 2. The van der Waals surface area contributed by atoms with Crippen molar-refractivity contribution in [2.75, 3.05) is 36.1 Å². The van der Waals surface area contributed by atoms with Gasteiger partial charge in [0.25, 0.3) is 0 Å². The van der Waals surface area contributed by atoms with Gasteiger partial charge in [0.15, 0.2) is 0 Å². The number of ether oxygens (including phenoxy) is 1. The van der Waals surface area contributed by atoms with Crippen LogP contribution < -0.4 is 22.1 Å². The van der Waals surface area contributed by atoms with Crippen molar-refractivity contribution in [1.29, 1.82) is 0 Å². The van der Waals surface area contributed by atoms with E-state index in [9.17, 15) is 4.79 Å². The molecule has 18 heavy (non-hydrogen) atoms. The summed E-state index contributed by atoms with van der Waals surface area (Å²) >= 11 is 0. The summed E-state index contributed by atoms with van der Waals surface area (Å²) in [6.45, 7) is 3.42. The second-order valence-electron chi connectivity index (χ2n) is 3.52. The molecule has 0 atom stereocenters. The van der Waals surface area contributed by atoms with E-state index in [1.807, 2.05) is 0 Å². The van der Waals surface area contributed by atoms with E-state index < -0.39 is 6.09 Å². The maximum absolute atomic E-state index is 10.4. The number of nitrogen functional groups attached to an aromatic ring is 1. The van der Waals surface area contributed by atoms with Gasteiger partial charge in [0.2, 0.25) is 5.95 Å². The Labute approximate surface area is 105 Å². The Kier molecular flexibility index (Phi) is 5.49. The van der Waals surface area contributed by atoms with Crippen LogP contribution in [-0.4, -0.2) is 35.8 Å². The average molecular weight is 254 g/mol. The van der Waals surface area contributed by atoms with Gasteiger partial charge in [-0.15, -0.1) is 0 Å². The molecule has 0 unspecified atom stereocenters. The molecule has 1 aromatic rings. The summed E-state index contributed by atoms with van der Waals surface area (Å²) in [7, 11) is 0. The average Bonchev–Trinajstić information content (AvgIpc) is 2.31. The predicted octanol–water partition coefficient (Wildman–Crippen LogP) is 0.388. The standard InChI is InChI=1S/C10H18N6O2/c1-2-3-13-7-6-8(16-9(11)15-7)14-4-5-18-10(12)17/h6H,2-5H2,1H3,(H2,12,17)(H4,11,13,14,15,16). The van der Waals surface area contributed by atoms with Gasteiger partial charge < -0.3 is 26.8 Å². The Bertz CT molecular complexity index is 398. The fourth-order valence-electron chi connectivity index (χ4n) is 1.23. The predicted molar refractivity (Wildman–Crippen MR) is 69.3 cm³/mol. The van der Waals surface area contributed by atoms with Gasteiger partial charge in [-0.1, -0.05) is 6.92 Å². The Morgan fingerprint density at radius 2 is 1.94 bits per heavy atom. The monoisotopic (exact) mass is 254 g/mol. The summed E-state index contributed by atoms with van der Waals surface area (Å²) in [4.78, 5) is 18.4. The fourth-order valence-corrected chi connectivity index (χ4v) is 1.23. The summed E-state index contributed by atoms with van der Waals surface area (Å²) in [6.07, 6.45) is 0.184. The van der Waals surface area contributed by atoms with Crippen LogP contribution in [0.5, 0.6) is 0 Å². The van der Waals surface area contributed by atoms with E-state index in [0.717, 1.165) is 13.0 Å². The molecule has 0 aliphatic rings. The minimum atomic E-state index is -0.802. The van der Waals surface area contributed by atoms with Crippen molar-refractivity contribution in [3.63, 3.8) is 0 Å². The van der Waals surface area contributed by atoms with Crippen molar-refractivity contribution in [2.24, 2.45) is 5.73 Å². The van der Waals surface area contributed by atoms with E-state index in [1.54, 1.807) is 6.07 Å². The van der Waals surface area contributed by atoms with Crippen molar-refractivity contribution in [1.82, 2.24) is 9.97 Å². The van der Waals surface area contributed by atoms with Gasteiger partial charge in [0.1, 0.15) is 18.2 Å². The number of amides is 1. The van der Waals surface area contributed by atoms with Gasteiger partial charge in [0.05, 0.1) is 6.54 Å². The summed E-state index contributed by atoms with van der Waals surface area (Å²) in [5, 5.41) is 6.06. The number of nitrogens with one attached hydrogen (secondary N) is 2. The Hall–Kier alpha value is -2.25. The largest absolute Gasteiger partial charge is 0.448 e. The van der Waals surface area contributed by atoms with Crippen LogP contribution in [0.25, 0.3) is 0 Å². The fraction of sp³-hybridized carbons (Fsp3) is 0.500. The highest BCUT2D eigenvalue weighted by Crippen LogP contribution is 2.12. The van der Waals surface area contributed by atoms with Crippen LogP contribution >= 0.6 is 0 Å². The molecule has 0 saturated heterocycles. The molecule has 1 heterocycles. The molecule has 6 N–H and O–H groups in total. The van der Waals surface area contributed by atoms with Crippen molar-refractivity contribution in [3.05, 3.63) is 6.07 Å². The lowest BCUT2D eigenvalue weighted by atomic mass is 10.4. The molecular weight excluding hydrogens is 236 g/mol. The topological polar surface area (TPSA) is 128 Å². The first-order valence-electron chi connectivity index (χ1n) is 5.66. The number of hydrogen-bond acceptors (Lipinski definition) is 7. The minimum Gasteiger partial charge on any atom is -0.448 e. The highest BCUT2D eigenvalue weighted by atomic mass is 16.5. The normalized spacial score (nSPS) is 9.83. The van der Waals surface area contributed by atoms with Gasteiger partial charge >= 0.3 is 6.09 Å². The molecule has 1 amide bonds. The highest BCUT2D eigenvalue weighted by Gasteiger charge is 2.01. The first kappa shape index (κ1) is 13.8. The molecule has 0 spiro atoms. The molecule has 0 aliphatic heterocycles. The molecule has 8 heteroatoms. The lowest BCUT2D eigenvalue weighted by Crippen LogP contribution is -2.19. The van der Waals surface area contributed by atoms with Crippen LogP contribution in [0, 0.1) is 0 Å². The maximum Gasteiger partial charge on any atom is 0.404 e. The van der Waals surface area contributed by atoms with E-state index in [4.69, 9.17) is 11.5 Å². The van der Waals surface area contributed by atoms with Crippen molar-refractivity contribution in [3.8, 4) is 0 Å². The van der Waals surface area contributed by atoms with Crippen LogP contribution in [-0.2, 0) is 4.74 Å². The third-order valence-electron chi connectivity index (χ3n) is 1.95. The Morgan fingerprint density at radius 3 is 2.50 bits per heavy atom. The van der Waals surface area contributed by atoms with Gasteiger partial charge in [-0.3, -0.25) is 0 Å². The summed E-state index contributed by atoms with van der Waals surface area (Å²) < 4.78 is 4.58. The van der Waals surface area contributed by atoms with Gasteiger partial charge in [-0.2, -0.15) is 9.97 Å². The number of anilines is 3. The summed E-state index contributed by atoms with van der Waals surface area (Å²) in [5.41, 5.74) is 10.4. The highest BCUT2D eigenvalue weighted by molar-refractivity contribution is 5.64. The number of nitrogens with zero attached hydrogens (tertiary/aromatic N) is 2. The lowest BCUT2D eigenvalue weighted by Gasteiger charge is -2.09. The maximum atomic E-state index is 10.4. The third kappa shape index (κ3) is 5.19. The lowest BCUT2D eigenvalue weighted by molar-refractivity contribution is 0.161. The van der Waals surface area contributed by atoms with E-state index in [-0.39, 0.29) is 12.6 Å². The minimum absolute atomic E-state index is 0.164. The smallest absolute Gasteiger partial charge is 0.404 e. The molecule has 100 valence electrons. The zero-order chi connectivity index (χ0) is 13.4. The van der Waals surface area contributed by atoms with Crippen molar-refractivity contribution >= 4 is 23.7 Å². The number of aromatic nitrogens is 2. The van der Waals surface area contributed by atoms with E-state index in [0.29, 0.717) is 18.2 Å². The van der Waals surface area contributed by atoms with Crippen LogP contribution in [0.15, 0.2) is 6.07 Å². The van der Waals surface area contributed by atoms with Crippen molar-refractivity contribution < 1.29 is 9.53 Å². The quantitative estimate of drug-likeness (QED) is 0.518. The van der Waals surface area contributed by atoms with Crippen LogP contribution in [0.3, 0.4) is 0 Å². The van der Waals surface area contributed by atoms with Crippen molar-refractivity contribution in [2.45, 2.75) is 13.3 Å². The molecule has 0 radical (unpaired) electrons. The SMILES string of the molecule is CCCNc1cc(NCCOC(N)=O)nc(N)n1. The van der Waals surface area contributed by atoms with Crippen LogP contribution in [0.2, 0.25) is 0 Å². The molecule has 0 aromatic carbocycles. The molecule has 1 rings (SSSR count). The molecule has 0 saturated carbocycles. The van der Waals surface area contributed by atoms with Gasteiger partial charge in [-0.25, -0.2) is 4.79 Å². The zero-order valence-corrected chi connectivity index (χ0v) is 10.3. The number of rotatable bonds is 7. The Morgan fingerprint density at radius 1 is 1.33 bits per heavy atom. The number of carbonyl (C=O) groups excluding carboxylic acids is 1. The van der Waals surface area contributed by atoms with E-state index in [1.165, 1.54) is 0 Å². The molecule has 0 bridgehead atoms. The third-order valence-corrected chi connectivity index (χ3v) is 1.95. The second-order valence-corrected chi connectivity index (χ2v) is 3.52. The first-order chi connectivity index (χ1) is 8.61. The molecular formula is C10H18N6O2. The van der Waals surface area contributed by atoms with E-state index >= 15 is 0 Å². The van der Waals surface area contributed by atoms with E-state index in [2.05, 4.69) is 32.3 Å². The van der Waals surface area contributed by atoms with Gasteiger partial charge in [0, 0.05) is 12.6 Å².